The van der Waals surface area contributed by atoms with Crippen LogP contribution in [0.3, 0.4) is 0 Å². The standard InChI is InChI=1S/C19H14O/c20-16-10-8-12-7-9-13(16)19-15-6-2-4-11-3-1-5-14(17(11)15)18(12)19/h1-10,12-13,18-19H/t12-,13+,18+,19-/m1/s1. The van der Waals surface area contributed by atoms with E-state index < -0.39 is 0 Å². The Morgan fingerprint density at radius 2 is 1.55 bits per heavy atom. The Morgan fingerprint density at radius 1 is 0.800 bits per heavy atom. The average Bonchev–Trinajstić information content (AvgIpc) is 2.63. The molecule has 4 aliphatic carbocycles. The van der Waals surface area contributed by atoms with Crippen LogP contribution in [0.15, 0.2) is 60.7 Å². The second-order valence-corrected chi connectivity index (χ2v) is 6.09. The monoisotopic (exact) mass is 258 g/mol. The molecule has 0 aromatic heterocycles. The smallest absolute Gasteiger partial charge is 0.162 e. The summed E-state index contributed by atoms with van der Waals surface area (Å²) < 4.78 is 0. The fraction of sp³-hybridized carbons (Fsp3) is 0.211. The molecule has 0 spiro atoms. The number of allylic oxidation sites excluding steroid dienone is 4. The van der Waals surface area contributed by atoms with E-state index in [4.69, 9.17) is 0 Å². The molecule has 96 valence electrons. The van der Waals surface area contributed by atoms with Gasteiger partial charge in [0.2, 0.25) is 0 Å². The normalized spacial score (nSPS) is 32.7. The fourth-order valence-corrected chi connectivity index (χ4v) is 4.47. The number of ketones is 1. The van der Waals surface area contributed by atoms with Gasteiger partial charge in [0.25, 0.3) is 0 Å². The summed E-state index contributed by atoms with van der Waals surface area (Å²) in [6.07, 6.45) is 8.28. The first-order chi connectivity index (χ1) is 9.84. The van der Waals surface area contributed by atoms with E-state index in [9.17, 15) is 4.79 Å². The van der Waals surface area contributed by atoms with Crippen LogP contribution < -0.4 is 0 Å². The summed E-state index contributed by atoms with van der Waals surface area (Å²) in [4.78, 5) is 12.3. The Morgan fingerprint density at radius 3 is 2.35 bits per heavy atom. The summed E-state index contributed by atoms with van der Waals surface area (Å²) in [7, 11) is 0. The zero-order chi connectivity index (χ0) is 13.3. The lowest BCUT2D eigenvalue weighted by Gasteiger charge is -2.32. The topological polar surface area (TPSA) is 17.1 Å². The van der Waals surface area contributed by atoms with Gasteiger partial charge in [-0.25, -0.2) is 0 Å². The van der Waals surface area contributed by atoms with Crippen LogP contribution in [0.4, 0.5) is 0 Å². The van der Waals surface area contributed by atoms with Crippen molar-refractivity contribution < 1.29 is 4.79 Å². The molecule has 4 aliphatic rings. The molecule has 0 saturated heterocycles. The van der Waals surface area contributed by atoms with Gasteiger partial charge in [0, 0.05) is 23.7 Å². The molecule has 0 amide bonds. The minimum atomic E-state index is 0.0213. The van der Waals surface area contributed by atoms with Crippen molar-refractivity contribution in [2.45, 2.75) is 11.8 Å². The first kappa shape index (κ1) is 10.6. The molecule has 0 unspecified atom stereocenters. The zero-order valence-electron chi connectivity index (χ0n) is 11.0. The first-order valence-electron chi connectivity index (χ1n) is 7.26. The highest BCUT2D eigenvalue weighted by molar-refractivity contribution is 5.99. The van der Waals surface area contributed by atoms with Crippen LogP contribution in [-0.2, 0) is 4.79 Å². The number of carbonyl (C=O) groups is 1. The number of rotatable bonds is 0. The second-order valence-electron chi connectivity index (χ2n) is 6.09. The van der Waals surface area contributed by atoms with Gasteiger partial charge in [-0.15, -0.1) is 0 Å². The molecule has 0 saturated carbocycles. The lowest BCUT2D eigenvalue weighted by atomic mass is 9.70. The van der Waals surface area contributed by atoms with Gasteiger partial charge in [-0.2, -0.15) is 0 Å². The second kappa shape index (κ2) is 3.49. The summed E-state index contributed by atoms with van der Waals surface area (Å²) in [5.41, 5.74) is 2.81. The van der Waals surface area contributed by atoms with Crippen molar-refractivity contribution in [1.82, 2.24) is 0 Å². The minimum absolute atomic E-state index is 0.0213. The van der Waals surface area contributed by atoms with E-state index in [1.807, 2.05) is 0 Å². The summed E-state index contributed by atoms with van der Waals surface area (Å²) in [5.74, 6) is 1.41. The highest BCUT2D eigenvalue weighted by Crippen LogP contribution is 2.57. The Labute approximate surface area is 117 Å². The van der Waals surface area contributed by atoms with Crippen LogP contribution in [0.25, 0.3) is 10.8 Å². The lowest BCUT2D eigenvalue weighted by Crippen LogP contribution is -2.25. The number of benzene rings is 2. The van der Waals surface area contributed by atoms with Crippen LogP contribution in [0.2, 0.25) is 0 Å². The minimum Gasteiger partial charge on any atom is -0.294 e. The quantitative estimate of drug-likeness (QED) is 0.654. The van der Waals surface area contributed by atoms with Crippen molar-refractivity contribution in [1.29, 1.82) is 0 Å². The zero-order valence-corrected chi connectivity index (χ0v) is 11.0. The highest BCUT2D eigenvalue weighted by Gasteiger charge is 2.46. The Hall–Kier alpha value is -2.15. The van der Waals surface area contributed by atoms with E-state index in [-0.39, 0.29) is 11.7 Å². The van der Waals surface area contributed by atoms with Crippen molar-refractivity contribution in [2.24, 2.45) is 11.8 Å². The molecule has 4 atom stereocenters. The largest absolute Gasteiger partial charge is 0.294 e. The van der Waals surface area contributed by atoms with Crippen molar-refractivity contribution in [3.63, 3.8) is 0 Å². The van der Waals surface area contributed by atoms with Gasteiger partial charge in [-0.3, -0.25) is 4.79 Å². The van der Waals surface area contributed by atoms with Crippen molar-refractivity contribution in [3.05, 3.63) is 71.8 Å². The molecule has 2 aromatic rings. The molecular weight excluding hydrogens is 244 g/mol. The van der Waals surface area contributed by atoms with Gasteiger partial charge in [0.05, 0.1) is 0 Å². The Kier molecular flexibility index (Phi) is 1.85. The third kappa shape index (κ3) is 1.12. The summed E-state index contributed by atoms with van der Waals surface area (Å²) in [6, 6.07) is 13.1. The molecule has 2 bridgehead atoms. The Bertz CT molecular complexity index is 806. The number of fused-ring (bicyclic) bond motifs is 1. The average molecular weight is 258 g/mol. The predicted molar refractivity (Wildman–Crippen MR) is 79.7 cm³/mol. The van der Waals surface area contributed by atoms with Crippen LogP contribution in [0, 0.1) is 11.8 Å². The molecule has 0 heterocycles. The van der Waals surface area contributed by atoms with E-state index in [1.165, 1.54) is 21.9 Å². The fourth-order valence-electron chi connectivity index (χ4n) is 4.47. The van der Waals surface area contributed by atoms with E-state index in [0.29, 0.717) is 17.8 Å². The van der Waals surface area contributed by atoms with Crippen LogP contribution >= 0.6 is 0 Å². The Balaban J connectivity index is 1.88. The number of hydrogen-bond donors (Lipinski definition) is 0. The SMILES string of the molecule is O=C1C=C[C@H]2C=C[C@@H]1[C@@H]1c3cccc4cccc(c34)[C@H]21. The van der Waals surface area contributed by atoms with E-state index in [2.05, 4.69) is 54.6 Å². The first-order valence-corrected chi connectivity index (χ1v) is 7.26. The third-order valence-electron chi connectivity index (χ3n) is 5.23. The van der Waals surface area contributed by atoms with E-state index in [1.54, 1.807) is 6.08 Å². The molecule has 1 heteroatoms. The maximum Gasteiger partial charge on any atom is 0.162 e. The molecule has 6 rings (SSSR count). The van der Waals surface area contributed by atoms with Crippen molar-refractivity contribution in [3.8, 4) is 0 Å². The van der Waals surface area contributed by atoms with Gasteiger partial charge in [0.15, 0.2) is 5.78 Å². The van der Waals surface area contributed by atoms with Crippen molar-refractivity contribution >= 4 is 16.6 Å². The summed E-state index contributed by atoms with van der Waals surface area (Å²) >= 11 is 0. The molecule has 0 radical (unpaired) electrons. The van der Waals surface area contributed by atoms with Gasteiger partial charge in [0.1, 0.15) is 0 Å². The molecular formula is C19H14O. The van der Waals surface area contributed by atoms with E-state index in [0.717, 1.165) is 0 Å². The molecule has 2 aromatic carbocycles. The van der Waals surface area contributed by atoms with Gasteiger partial charge in [-0.05, 0) is 28.0 Å². The predicted octanol–water partition coefficient (Wildman–Crippen LogP) is 3.96. The summed E-state index contributed by atoms with van der Waals surface area (Å²) in [5, 5.41) is 2.70. The molecule has 0 fully saturated rings. The van der Waals surface area contributed by atoms with Crippen LogP contribution in [0.1, 0.15) is 23.0 Å². The van der Waals surface area contributed by atoms with Gasteiger partial charge >= 0.3 is 0 Å². The molecule has 0 N–H and O–H groups in total. The maximum atomic E-state index is 12.3. The van der Waals surface area contributed by atoms with E-state index >= 15 is 0 Å². The lowest BCUT2D eigenvalue weighted by molar-refractivity contribution is -0.117. The highest BCUT2D eigenvalue weighted by atomic mass is 16.1. The molecule has 20 heavy (non-hydrogen) atoms. The van der Waals surface area contributed by atoms with Crippen LogP contribution in [-0.4, -0.2) is 5.78 Å². The molecule has 0 aliphatic heterocycles. The number of carbonyl (C=O) groups excluding carboxylic acids is 1. The summed E-state index contributed by atoms with van der Waals surface area (Å²) in [6.45, 7) is 0. The maximum absolute atomic E-state index is 12.3. The van der Waals surface area contributed by atoms with Gasteiger partial charge in [-0.1, -0.05) is 54.6 Å². The van der Waals surface area contributed by atoms with Crippen LogP contribution in [0.5, 0.6) is 0 Å². The number of hydrogen-bond acceptors (Lipinski definition) is 1. The third-order valence-corrected chi connectivity index (χ3v) is 5.23. The van der Waals surface area contributed by atoms with Crippen molar-refractivity contribution in [2.75, 3.05) is 0 Å². The molecule has 1 nitrogen and oxygen atoms in total. The van der Waals surface area contributed by atoms with Gasteiger partial charge < -0.3 is 0 Å².